The standard InChI is InChI=1S/C14H21NO3/c1-14(2,3)12-10(8-11(18-12)13(16)17)9-15-6-4-5-7-15/h8H,4-7,9H2,1-3H3,(H,16,17). The Balaban J connectivity index is 2.28. The molecule has 4 nitrogen and oxygen atoms in total. The fourth-order valence-corrected chi connectivity index (χ4v) is 2.62. The van der Waals surface area contributed by atoms with Gasteiger partial charge in [0.15, 0.2) is 0 Å². The van der Waals surface area contributed by atoms with Gasteiger partial charge in [0.05, 0.1) is 13.1 Å². The number of nitrogens with one attached hydrogen (secondary N) is 1. The molecule has 1 fully saturated rings. The average Bonchev–Trinajstić information content (AvgIpc) is 2.85. The molecule has 2 rings (SSSR count). The summed E-state index contributed by atoms with van der Waals surface area (Å²) in [6.07, 6.45) is 2.51. The maximum absolute atomic E-state index is 10.9. The minimum Gasteiger partial charge on any atom is -0.542 e. The monoisotopic (exact) mass is 251 g/mol. The molecule has 1 N–H and O–H groups in total. The molecule has 100 valence electrons. The van der Waals surface area contributed by atoms with E-state index < -0.39 is 5.97 Å². The number of furan rings is 1. The zero-order valence-corrected chi connectivity index (χ0v) is 11.3. The van der Waals surface area contributed by atoms with Crippen LogP contribution in [0.4, 0.5) is 0 Å². The summed E-state index contributed by atoms with van der Waals surface area (Å²) in [5.74, 6) is -0.502. The van der Waals surface area contributed by atoms with Crippen LogP contribution in [0.5, 0.6) is 0 Å². The average molecular weight is 251 g/mol. The summed E-state index contributed by atoms with van der Waals surface area (Å²) in [5.41, 5.74) is 0.834. The van der Waals surface area contributed by atoms with Crippen molar-refractivity contribution in [3.63, 3.8) is 0 Å². The second-order valence-electron chi connectivity index (χ2n) is 6.14. The topological polar surface area (TPSA) is 57.7 Å². The van der Waals surface area contributed by atoms with E-state index in [2.05, 4.69) is 0 Å². The Morgan fingerprint density at radius 2 is 2.00 bits per heavy atom. The Bertz CT molecular complexity index is 436. The molecule has 1 aromatic heterocycles. The molecule has 0 spiro atoms. The molecule has 0 aromatic carbocycles. The SMILES string of the molecule is CC(C)(C)c1oc(C(=O)[O-])cc1C[NH+]1CCCC1. The van der Waals surface area contributed by atoms with Gasteiger partial charge in [0.25, 0.3) is 0 Å². The predicted molar refractivity (Wildman–Crippen MR) is 65.4 cm³/mol. The maximum atomic E-state index is 10.9. The summed E-state index contributed by atoms with van der Waals surface area (Å²) in [7, 11) is 0. The maximum Gasteiger partial charge on any atom is 0.150 e. The molecule has 0 bridgehead atoms. The molecule has 0 amide bonds. The van der Waals surface area contributed by atoms with Crippen LogP contribution in [0.25, 0.3) is 0 Å². The highest BCUT2D eigenvalue weighted by Gasteiger charge is 2.27. The van der Waals surface area contributed by atoms with Crippen LogP contribution in [0.15, 0.2) is 10.5 Å². The van der Waals surface area contributed by atoms with Crippen molar-refractivity contribution in [2.24, 2.45) is 0 Å². The zero-order valence-electron chi connectivity index (χ0n) is 11.3. The van der Waals surface area contributed by atoms with Crippen molar-refractivity contribution in [3.05, 3.63) is 23.2 Å². The highest BCUT2D eigenvalue weighted by Crippen LogP contribution is 2.28. The quantitative estimate of drug-likeness (QED) is 0.830. The van der Waals surface area contributed by atoms with Gasteiger partial charge >= 0.3 is 0 Å². The van der Waals surface area contributed by atoms with Crippen LogP contribution in [0, 0.1) is 0 Å². The van der Waals surface area contributed by atoms with E-state index in [-0.39, 0.29) is 11.2 Å². The molecule has 1 aliphatic rings. The van der Waals surface area contributed by atoms with E-state index in [1.165, 1.54) is 17.7 Å². The van der Waals surface area contributed by atoms with Crippen LogP contribution in [0.1, 0.15) is 55.5 Å². The van der Waals surface area contributed by atoms with Gasteiger partial charge in [-0.3, -0.25) is 0 Å². The van der Waals surface area contributed by atoms with Gasteiger partial charge < -0.3 is 19.2 Å². The van der Waals surface area contributed by atoms with Gasteiger partial charge in [0.1, 0.15) is 24.0 Å². The smallest absolute Gasteiger partial charge is 0.150 e. The van der Waals surface area contributed by atoms with Crippen molar-refractivity contribution in [1.29, 1.82) is 0 Å². The predicted octanol–water partition coefficient (Wildman–Crippen LogP) is 0.119. The Morgan fingerprint density at radius 1 is 1.39 bits per heavy atom. The minimum atomic E-state index is -1.23. The molecular formula is C14H21NO3. The number of quaternary nitrogens is 1. The summed E-state index contributed by atoms with van der Waals surface area (Å²) in [6, 6.07) is 1.64. The van der Waals surface area contributed by atoms with Gasteiger partial charge in [-0.15, -0.1) is 0 Å². The first-order chi connectivity index (χ1) is 8.38. The van der Waals surface area contributed by atoms with Crippen LogP contribution < -0.4 is 10.0 Å². The van der Waals surface area contributed by atoms with Crippen LogP contribution in [-0.2, 0) is 12.0 Å². The number of hydrogen-bond donors (Lipinski definition) is 1. The molecule has 0 unspecified atom stereocenters. The van der Waals surface area contributed by atoms with Crippen LogP contribution in [0.3, 0.4) is 0 Å². The molecule has 0 atom stereocenters. The summed E-state index contributed by atoms with van der Waals surface area (Å²) in [4.78, 5) is 12.4. The van der Waals surface area contributed by atoms with E-state index in [1.807, 2.05) is 20.8 Å². The van der Waals surface area contributed by atoms with E-state index in [9.17, 15) is 9.90 Å². The third kappa shape index (κ3) is 2.75. The van der Waals surface area contributed by atoms with Gasteiger partial charge in [-0.25, -0.2) is 0 Å². The second kappa shape index (κ2) is 4.76. The van der Waals surface area contributed by atoms with Crippen molar-refractivity contribution in [3.8, 4) is 0 Å². The fourth-order valence-electron chi connectivity index (χ4n) is 2.62. The lowest BCUT2D eigenvalue weighted by atomic mass is 9.90. The van der Waals surface area contributed by atoms with Gasteiger partial charge in [-0.1, -0.05) is 20.8 Å². The van der Waals surface area contributed by atoms with Gasteiger partial charge in [0.2, 0.25) is 0 Å². The van der Waals surface area contributed by atoms with Crippen molar-refractivity contribution in [2.45, 2.75) is 45.6 Å². The lowest BCUT2D eigenvalue weighted by Crippen LogP contribution is -3.08. The van der Waals surface area contributed by atoms with Gasteiger partial charge in [-0.05, 0) is 6.07 Å². The molecule has 1 aliphatic heterocycles. The lowest BCUT2D eigenvalue weighted by molar-refractivity contribution is -0.901. The molecule has 4 heteroatoms. The number of carbonyl (C=O) groups is 1. The molecule has 0 saturated carbocycles. The Morgan fingerprint density at radius 3 is 2.50 bits per heavy atom. The molecule has 18 heavy (non-hydrogen) atoms. The normalized spacial score (nSPS) is 17.3. The molecular weight excluding hydrogens is 230 g/mol. The number of rotatable bonds is 3. The van der Waals surface area contributed by atoms with E-state index in [0.29, 0.717) is 0 Å². The Hall–Kier alpha value is -1.29. The first-order valence-corrected chi connectivity index (χ1v) is 6.56. The summed E-state index contributed by atoms with van der Waals surface area (Å²) in [5, 5.41) is 10.9. The lowest BCUT2D eigenvalue weighted by Gasteiger charge is -2.19. The minimum absolute atomic E-state index is 0.0477. The number of hydrogen-bond acceptors (Lipinski definition) is 3. The Labute approximate surface area is 108 Å². The van der Waals surface area contributed by atoms with Gasteiger partial charge in [-0.2, -0.15) is 0 Å². The van der Waals surface area contributed by atoms with E-state index in [0.717, 1.165) is 31.0 Å². The van der Waals surface area contributed by atoms with Gasteiger partial charge in [0, 0.05) is 23.8 Å². The third-order valence-electron chi connectivity index (χ3n) is 3.44. The van der Waals surface area contributed by atoms with Crippen LogP contribution >= 0.6 is 0 Å². The van der Waals surface area contributed by atoms with E-state index >= 15 is 0 Å². The number of likely N-dealkylation sites (tertiary alicyclic amines) is 1. The molecule has 2 heterocycles. The van der Waals surface area contributed by atoms with Crippen molar-refractivity contribution < 1.29 is 19.2 Å². The molecule has 1 saturated heterocycles. The summed E-state index contributed by atoms with van der Waals surface area (Å²) < 4.78 is 5.48. The van der Waals surface area contributed by atoms with Crippen molar-refractivity contribution >= 4 is 5.97 Å². The largest absolute Gasteiger partial charge is 0.542 e. The fraction of sp³-hybridized carbons (Fsp3) is 0.643. The summed E-state index contributed by atoms with van der Waals surface area (Å²) in [6.45, 7) is 9.28. The number of carboxylic acid groups (broad SMARTS) is 1. The zero-order chi connectivity index (χ0) is 13.3. The number of carbonyl (C=O) groups excluding carboxylic acids is 1. The van der Waals surface area contributed by atoms with E-state index in [1.54, 1.807) is 6.07 Å². The van der Waals surface area contributed by atoms with E-state index in [4.69, 9.17) is 4.42 Å². The molecule has 1 aromatic rings. The van der Waals surface area contributed by atoms with Crippen molar-refractivity contribution in [2.75, 3.05) is 13.1 Å². The van der Waals surface area contributed by atoms with Crippen LogP contribution in [-0.4, -0.2) is 19.1 Å². The van der Waals surface area contributed by atoms with Crippen molar-refractivity contribution in [1.82, 2.24) is 0 Å². The highest BCUT2D eigenvalue weighted by atomic mass is 16.4. The number of carboxylic acids is 1. The first kappa shape index (κ1) is 13.1. The Kier molecular flexibility index (Phi) is 3.48. The molecule has 0 radical (unpaired) electrons. The second-order valence-corrected chi connectivity index (χ2v) is 6.14. The number of aromatic carboxylic acids is 1. The third-order valence-corrected chi connectivity index (χ3v) is 3.44. The summed E-state index contributed by atoms with van der Waals surface area (Å²) >= 11 is 0. The first-order valence-electron chi connectivity index (χ1n) is 6.56. The van der Waals surface area contributed by atoms with Crippen LogP contribution in [0.2, 0.25) is 0 Å². The molecule has 0 aliphatic carbocycles. The highest BCUT2D eigenvalue weighted by molar-refractivity contribution is 5.82.